The lowest BCUT2D eigenvalue weighted by Gasteiger charge is -2.10. The lowest BCUT2D eigenvalue weighted by atomic mass is 10.0. The molecule has 5 rings (SSSR count). The largest absolute Gasteiger partial charge is 0.364 e. The Hall–Kier alpha value is -3.69. The van der Waals surface area contributed by atoms with Crippen molar-refractivity contribution in [1.82, 2.24) is 15.0 Å². The molecule has 0 atom stereocenters. The summed E-state index contributed by atoms with van der Waals surface area (Å²) in [6, 6.07) is 16.9. The zero-order chi connectivity index (χ0) is 20.8. The quantitative estimate of drug-likeness (QED) is 0.447. The predicted molar refractivity (Wildman–Crippen MR) is 119 cm³/mol. The van der Waals surface area contributed by atoms with Gasteiger partial charge in [0.25, 0.3) is 11.8 Å². The van der Waals surface area contributed by atoms with E-state index in [1.54, 1.807) is 6.07 Å². The van der Waals surface area contributed by atoms with E-state index in [-0.39, 0.29) is 11.4 Å². The Morgan fingerprint density at radius 2 is 1.30 bits per heavy atom. The van der Waals surface area contributed by atoms with Gasteiger partial charge in [-0.15, -0.1) is 22.7 Å². The van der Waals surface area contributed by atoms with E-state index in [0.29, 0.717) is 21.1 Å². The van der Waals surface area contributed by atoms with Crippen LogP contribution < -0.4 is 11.5 Å². The van der Waals surface area contributed by atoms with Gasteiger partial charge in [-0.2, -0.15) is 0 Å². The van der Waals surface area contributed by atoms with Crippen molar-refractivity contribution in [2.75, 3.05) is 0 Å². The normalized spacial score (nSPS) is 11.2. The molecule has 9 heteroatoms. The fraction of sp³-hybridized carbons (Fsp3) is 0. The van der Waals surface area contributed by atoms with Gasteiger partial charge in [0.2, 0.25) is 0 Å². The monoisotopic (exact) mass is 431 g/mol. The second-order valence-electron chi connectivity index (χ2n) is 6.48. The number of hydrogen-bond donors (Lipinski definition) is 2. The van der Waals surface area contributed by atoms with Crippen LogP contribution in [0.1, 0.15) is 21.0 Å². The van der Waals surface area contributed by atoms with Crippen LogP contribution in [-0.4, -0.2) is 26.8 Å². The van der Waals surface area contributed by atoms with Crippen molar-refractivity contribution in [2.24, 2.45) is 11.5 Å². The fourth-order valence-electron chi connectivity index (χ4n) is 3.20. The van der Waals surface area contributed by atoms with Gasteiger partial charge in [-0.05, 0) is 30.3 Å². The highest BCUT2D eigenvalue weighted by molar-refractivity contribution is 7.22. The van der Waals surface area contributed by atoms with Crippen molar-refractivity contribution in [3.63, 3.8) is 0 Å². The number of carbonyl (C=O) groups is 2. The number of nitrogens with zero attached hydrogens (tertiary/aromatic N) is 3. The lowest BCUT2D eigenvalue weighted by molar-refractivity contribution is 0.0993. The van der Waals surface area contributed by atoms with Gasteiger partial charge in [-0.3, -0.25) is 9.59 Å². The third kappa shape index (κ3) is 3.00. The van der Waals surface area contributed by atoms with Crippen LogP contribution in [0.15, 0.2) is 54.6 Å². The molecule has 0 fully saturated rings. The molecule has 0 saturated heterocycles. The first-order chi connectivity index (χ1) is 14.5. The van der Waals surface area contributed by atoms with Crippen LogP contribution >= 0.6 is 22.7 Å². The molecule has 146 valence electrons. The van der Waals surface area contributed by atoms with Crippen molar-refractivity contribution in [3.8, 4) is 21.1 Å². The summed E-state index contributed by atoms with van der Waals surface area (Å²) in [6.07, 6.45) is 0. The van der Waals surface area contributed by atoms with Crippen LogP contribution in [0.2, 0.25) is 0 Å². The minimum absolute atomic E-state index is 0.0529. The van der Waals surface area contributed by atoms with Gasteiger partial charge in [-0.1, -0.05) is 24.3 Å². The van der Waals surface area contributed by atoms with Crippen LogP contribution in [0.25, 0.3) is 41.6 Å². The van der Waals surface area contributed by atoms with Crippen LogP contribution in [0.3, 0.4) is 0 Å². The number of para-hydroxylation sites is 2. The predicted octanol–water partition coefficient (Wildman–Crippen LogP) is 3.83. The summed E-state index contributed by atoms with van der Waals surface area (Å²) in [5.41, 5.74) is 13.6. The summed E-state index contributed by atoms with van der Waals surface area (Å²) in [5, 5.41) is 1.20. The van der Waals surface area contributed by atoms with Gasteiger partial charge in [0.15, 0.2) is 0 Å². The van der Waals surface area contributed by atoms with Crippen LogP contribution in [0.5, 0.6) is 0 Å². The van der Waals surface area contributed by atoms with Gasteiger partial charge < -0.3 is 11.5 Å². The molecule has 0 aliphatic carbocycles. The zero-order valence-corrected chi connectivity index (χ0v) is 17.0. The zero-order valence-electron chi connectivity index (χ0n) is 15.3. The number of pyridine rings is 1. The maximum Gasteiger partial charge on any atom is 0.268 e. The molecule has 0 radical (unpaired) electrons. The van der Waals surface area contributed by atoms with Crippen molar-refractivity contribution in [3.05, 3.63) is 66.0 Å². The van der Waals surface area contributed by atoms with Crippen LogP contribution in [0, 0.1) is 0 Å². The van der Waals surface area contributed by atoms with E-state index in [0.717, 1.165) is 20.4 Å². The second kappa shape index (κ2) is 6.97. The van der Waals surface area contributed by atoms with Gasteiger partial charge in [0.05, 0.1) is 26.0 Å². The third-order valence-corrected chi connectivity index (χ3v) is 6.66. The number of primary amides is 2. The number of amides is 2. The molecule has 30 heavy (non-hydrogen) atoms. The Labute approximate surface area is 178 Å². The minimum atomic E-state index is -0.769. The Balaban J connectivity index is 1.87. The van der Waals surface area contributed by atoms with Gasteiger partial charge in [-0.25, -0.2) is 15.0 Å². The molecular weight excluding hydrogens is 418 g/mol. The Morgan fingerprint density at radius 3 is 1.87 bits per heavy atom. The standard InChI is InChI=1S/C21H13N5O2S2/c22-18(27)13-9-10(20-25-11-5-1-3-7-14(11)29-20)16(17(24-13)19(23)28)21-26-12-6-2-4-8-15(12)30-21/h1-9H,(H2,22,27)(H2,23,28). The van der Waals surface area contributed by atoms with E-state index < -0.39 is 11.8 Å². The highest BCUT2D eigenvalue weighted by Crippen LogP contribution is 2.41. The van der Waals surface area contributed by atoms with Crippen LogP contribution in [-0.2, 0) is 0 Å². The Kier molecular flexibility index (Phi) is 4.27. The lowest BCUT2D eigenvalue weighted by Crippen LogP contribution is -2.20. The third-order valence-electron chi connectivity index (χ3n) is 4.54. The number of rotatable bonds is 4. The number of hydrogen-bond acceptors (Lipinski definition) is 7. The van der Waals surface area contributed by atoms with Gasteiger partial charge in [0, 0.05) is 5.56 Å². The maximum atomic E-state index is 12.3. The SMILES string of the molecule is NC(=O)c1cc(-c2nc3ccccc3s2)c(-c2nc3ccccc3s2)c(C(N)=O)n1. The average Bonchev–Trinajstić information content (AvgIpc) is 3.36. The molecule has 4 N–H and O–H groups in total. The summed E-state index contributed by atoms with van der Waals surface area (Å²) in [5.74, 6) is -1.52. The number of fused-ring (bicyclic) bond motifs is 2. The minimum Gasteiger partial charge on any atom is -0.364 e. The number of aromatic nitrogens is 3. The molecule has 3 heterocycles. The molecule has 2 amide bonds. The molecule has 2 aromatic carbocycles. The topological polar surface area (TPSA) is 125 Å². The first-order valence-corrected chi connectivity index (χ1v) is 10.5. The summed E-state index contributed by atoms with van der Waals surface area (Å²) in [7, 11) is 0. The molecule has 7 nitrogen and oxygen atoms in total. The fourth-order valence-corrected chi connectivity index (χ4v) is 5.22. The molecular formula is C21H13N5O2S2. The number of nitrogens with two attached hydrogens (primary N) is 2. The molecule has 3 aromatic heterocycles. The van der Waals surface area contributed by atoms with Crippen molar-refractivity contribution in [2.45, 2.75) is 0 Å². The van der Waals surface area contributed by atoms with E-state index in [4.69, 9.17) is 11.5 Å². The van der Waals surface area contributed by atoms with E-state index in [1.165, 1.54) is 22.7 Å². The molecule has 0 bridgehead atoms. The molecule has 0 spiro atoms. The summed E-state index contributed by atoms with van der Waals surface area (Å²) >= 11 is 2.85. The summed E-state index contributed by atoms with van der Waals surface area (Å²) in [6.45, 7) is 0. The van der Waals surface area contributed by atoms with E-state index >= 15 is 0 Å². The summed E-state index contributed by atoms with van der Waals surface area (Å²) < 4.78 is 1.93. The second-order valence-corrected chi connectivity index (χ2v) is 8.54. The first kappa shape index (κ1) is 18.3. The average molecular weight is 432 g/mol. The van der Waals surface area contributed by atoms with Gasteiger partial charge in [0.1, 0.15) is 21.4 Å². The van der Waals surface area contributed by atoms with E-state index in [1.807, 2.05) is 48.5 Å². The van der Waals surface area contributed by atoms with Gasteiger partial charge >= 0.3 is 0 Å². The molecule has 5 aromatic rings. The van der Waals surface area contributed by atoms with Crippen molar-refractivity contribution in [1.29, 1.82) is 0 Å². The molecule has 0 unspecified atom stereocenters. The number of carbonyl (C=O) groups excluding carboxylic acids is 2. The molecule has 0 aliphatic rings. The maximum absolute atomic E-state index is 12.3. The Bertz CT molecular complexity index is 1410. The van der Waals surface area contributed by atoms with Crippen molar-refractivity contribution < 1.29 is 9.59 Å². The van der Waals surface area contributed by atoms with E-state index in [2.05, 4.69) is 15.0 Å². The smallest absolute Gasteiger partial charge is 0.268 e. The number of benzene rings is 2. The highest BCUT2D eigenvalue weighted by atomic mass is 32.1. The van der Waals surface area contributed by atoms with E-state index in [9.17, 15) is 9.59 Å². The molecule has 0 saturated carbocycles. The number of thiazole rings is 2. The first-order valence-electron chi connectivity index (χ1n) is 8.88. The summed E-state index contributed by atoms with van der Waals surface area (Å²) in [4.78, 5) is 37.7. The highest BCUT2D eigenvalue weighted by Gasteiger charge is 2.25. The molecule has 0 aliphatic heterocycles. The van der Waals surface area contributed by atoms with Crippen molar-refractivity contribution >= 4 is 54.9 Å². The van der Waals surface area contributed by atoms with Crippen LogP contribution in [0.4, 0.5) is 0 Å². The Morgan fingerprint density at radius 1 is 0.733 bits per heavy atom.